The summed E-state index contributed by atoms with van der Waals surface area (Å²) in [5.41, 5.74) is 10.6. The normalized spacial score (nSPS) is 20.7. The van der Waals surface area contributed by atoms with Crippen molar-refractivity contribution in [1.29, 1.82) is 0 Å². The second-order valence-corrected chi connectivity index (χ2v) is 5.21. The molecule has 82 valence electrons. The van der Waals surface area contributed by atoms with Gasteiger partial charge in [-0.1, -0.05) is 24.3 Å². The molecule has 0 aliphatic heterocycles. The van der Waals surface area contributed by atoms with Gasteiger partial charge in [-0.25, -0.2) is 0 Å². The predicted octanol–water partition coefficient (Wildman–Crippen LogP) is 3.48. The van der Waals surface area contributed by atoms with E-state index in [1.54, 1.807) is 11.3 Å². The second kappa shape index (κ2) is 4.04. The van der Waals surface area contributed by atoms with Crippen molar-refractivity contribution in [2.24, 2.45) is 5.73 Å². The third-order valence-corrected chi connectivity index (χ3v) is 4.24. The van der Waals surface area contributed by atoms with Crippen LogP contribution in [0.1, 0.15) is 35.1 Å². The number of hydrogen-bond acceptors (Lipinski definition) is 2. The predicted molar refractivity (Wildman–Crippen MR) is 68.8 cm³/mol. The van der Waals surface area contributed by atoms with Crippen LogP contribution in [0.4, 0.5) is 0 Å². The van der Waals surface area contributed by atoms with Crippen LogP contribution < -0.4 is 5.73 Å². The Morgan fingerprint density at radius 2 is 2.12 bits per heavy atom. The van der Waals surface area contributed by atoms with Gasteiger partial charge in [-0.15, -0.1) is 0 Å². The number of fused-ring (bicyclic) bond motifs is 1. The molecule has 1 aromatic heterocycles. The first kappa shape index (κ1) is 10.1. The molecule has 2 unspecified atom stereocenters. The van der Waals surface area contributed by atoms with E-state index < -0.39 is 0 Å². The highest BCUT2D eigenvalue weighted by molar-refractivity contribution is 7.07. The summed E-state index contributed by atoms with van der Waals surface area (Å²) >= 11 is 1.73. The minimum Gasteiger partial charge on any atom is -0.323 e. The highest BCUT2D eigenvalue weighted by Gasteiger charge is 2.28. The topological polar surface area (TPSA) is 26.0 Å². The maximum atomic E-state index is 6.37. The summed E-state index contributed by atoms with van der Waals surface area (Å²) < 4.78 is 0. The minimum atomic E-state index is 0.162. The third-order valence-electron chi connectivity index (χ3n) is 3.54. The molecule has 2 heteroatoms. The summed E-state index contributed by atoms with van der Waals surface area (Å²) in [6, 6.07) is 11.0. The van der Waals surface area contributed by atoms with Crippen molar-refractivity contribution in [2.75, 3.05) is 0 Å². The van der Waals surface area contributed by atoms with Gasteiger partial charge < -0.3 is 5.73 Å². The first-order valence-electron chi connectivity index (χ1n) is 5.72. The van der Waals surface area contributed by atoms with E-state index in [0.29, 0.717) is 5.92 Å². The van der Waals surface area contributed by atoms with Gasteiger partial charge in [0.2, 0.25) is 0 Å². The van der Waals surface area contributed by atoms with E-state index in [1.807, 2.05) is 0 Å². The Morgan fingerprint density at radius 1 is 1.25 bits per heavy atom. The number of benzene rings is 1. The van der Waals surface area contributed by atoms with Crippen molar-refractivity contribution in [1.82, 2.24) is 0 Å². The van der Waals surface area contributed by atoms with E-state index in [0.717, 1.165) is 0 Å². The lowest BCUT2D eigenvalue weighted by molar-refractivity contribution is 0.552. The van der Waals surface area contributed by atoms with Crippen LogP contribution in [0.2, 0.25) is 0 Å². The van der Waals surface area contributed by atoms with E-state index >= 15 is 0 Å². The van der Waals surface area contributed by atoms with Crippen LogP contribution >= 0.6 is 11.3 Å². The maximum Gasteiger partial charge on any atom is 0.0372 e. The van der Waals surface area contributed by atoms with Gasteiger partial charge in [0.15, 0.2) is 0 Å². The van der Waals surface area contributed by atoms with Crippen LogP contribution in [0, 0.1) is 0 Å². The lowest BCUT2D eigenvalue weighted by Crippen LogP contribution is -2.17. The Labute approximate surface area is 99.9 Å². The maximum absolute atomic E-state index is 6.37. The van der Waals surface area contributed by atoms with Crippen LogP contribution in [-0.2, 0) is 6.42 Å². The van der Waals surface area contributed by atoms with Crippen molar-refractivity contribution in [3.05, 3.63) is 57.8 Å². The Hall–Kier alpha value is -1.12. The monoisotopic (exact) mass is 229 g/mol. The summed E-state index contributed by atoms with van der Waals surface area (Å²) in [6.07, 6.45) is 2.37. The number of hydrogen-bond donors (Lipinski definition) is 1. The molecule has 0 fully saturated rings. The molecule has 2 aromatic rings. The SMILES string of the molecule is NC(c1ccsc1)C1CCc2ccccc21. The Morgan fingerprint density at radius 3 is 2.94 bits per heavy atom. The number of aryl methyl sites for hydroxylation is 1. The zero-order chi connectivity index (χ0) is 11.0. The van der Waals surface area contributed by atoms with Gasteiger partial charge in [-0.05, 0) is 46.4 Å². The highest BCUT2D eigenvalue weighted by atomic mass is 32.1. The molecule has 2 N–H and O–H groups in total. The molecule has 0 bridgehead atoms. The van der Waals surface area contributed by atoms with E-state index in [1.165, 1.54) is 29.5 Å². The van der Waals surface area contributed by atoms with Gasteiger partial charge in [0, 0.05) is 12.0 Å². The minimum absolute atomic E-state index is 0.162. The van der Waals surface area contributed by atoms with Crippen molar-refractivity contribution < 1.29 is 0 Å². The van der Waals surface area contributed by atoms with Crippen LogP contribution in [-0.4, -0.2) is 0 Å². The summed E-state index contributed by atoms with van der Waals surface area (Å²) in [7, 11) is 0. The lowest BCUT2D eigenvalue weighted by atomic mass is 9.90. The molecule has 0 radical (unpaired) electrons. The third kappa shape index (κ3) is 1.58. The fourth-order valence-corrected chi connectivity index (χ4v) is 3.37. The molecule has 2 atom stereocenters. The van der Waals surface area contributed by atoms with Crippen LogP contribution in [0.25, 0.3) is 0 Å². The highest BCUT2D eigenvalue weighted by Crippen LogP contribution is 2.40. The molecule has 0 saturated heterocycles. The quantitative estimate of drug-likeness (QED) is 0.838. The van der Waals surface area contributed by atoms with Gasteiger partial charge >= 0.3 is 0 Å². The number of rotatable bonds is 2. The zero-order valence-corrected chi connectivity index (χ0v) is 9.91. The van der Waals surface area contributed by atoms with Crippen LogP contribution in [0.15, 0.2) is 41.1 Å². The average molecular weight is 229 g/mol. The fraction of sp³-hybridized carbons (Fsp3) is 0.286. The molecule has 1 heterocycles. The Balaban J connectivity index is 1.93. The van der Waals surface area contributed by atoms with Crippen LogP contribution in [0.5, 0.6) is 0 Å². The standard InChI is InChI=1S/C14H15NS/c15-14(11-7-8-16-9-11)13-6-5-10-3-1-2-4-12(10)13/h1-4,7-9,13-14H,5-6,15H2. The molecule has 16 heavy (non-hydrogen) atoms. The summed E-state index contributed by atoms with van der Waals surface area (Å²) in [5, 5.41) is 4.28. The molecule has 1 aliphatic carbocycles. The van der Waals surface area contributed by atoms with E-state index in [-0.39, 0.29) is 6.04 Å². The lowest BCUT2D eigenvalue weighted by Gasteiger charge is -2.19. The number of thiophene rings is 1. The van der Waals surface area contributed by atoms with Gasteiger partial charge in [-0.3, -0.25) is 0 Å². The average Bonchev–Trinajstić information content (AvgIpc) is 2.98. The van der Waals surface area contributed by atoms with Gasteiger partial charge in [0.05, 0.1) is 0 Å². The van der Waals surface area contributed by atoms with Crippen molar-refractivity contribution in [2.45, 2.75) is 24.8 Å². The van der Waals surface area contributed by atoms with E-state index in [2.05, 4.69) is 41.1 Å². The molecule has 0 amide bonds. The zero-order valence-electron chi connectivity index (χ0n) is 9.10. The van der Waals surface area contributed by atoms with E-state index in [9.17, 15) is 0 Å². The number of nitrogens with two attached hydrogens (primary N) is 1. The largest absolute Gasteiger partial charge is 0.323 e. The van der Waals surface area contributed by atoms with E-state index in [4.69, 9.17) is 5.73 Å². The summed E-state index contributed by atoms with van der Waals surface area (Å²) in [5.74, 6) is 0.505. The van der Waals surface area contributed by atoms with Gasteiger partial charge in [0.1, 0.15) is 0 Å². The molecule has 0 spiro atoms. The van der Waals surface area contributed by atoms with Crippen LogP contribution in [0.3, 0.4) is 0 Å². The fourth-order valence-electron chi connectivity index (χ4n) is 2.66. The summed E-state index contributed by atoms with van der Waals surface area (Å²) in [4.78, 5) is 0. The van der Waals surface area contributed by atoms with Gasteiger partial charge in [0.25, 0.3) is 0 Å². The first-order chi connectivity index (χ1) is 7.86. The Bertz CT molecular complexity index is 475. The molecular weight excluding hydrogens is 214 g/mol. The smallest absolute Gasteiger partial charge is 0.0372 e. The molecule has 3 rings (SSSR count). The second-order valence-electron chi connectivity index (χ2n) is 4.43. The molecule has 1 aromatic carbocycles. The molecule has 0 saturated carbocycles. The molecular formula is C14H15NS. The van der Waals surface area contributed by atoms with Crippen molar-refractivity contribution in [3.63, 3.8) is 0 Å². The van der Waals surface area contributed by atoms with Crippen molar-refractivity contribution in [3.8, 4) is 0 Å². The molecule has 1 aliphatic rings. The Kier molecular flexibility index (Phi) is 2.54. The van der Waals surface area contributed by atoms with Gasteiger partial charge in [-0.2, -0.15) is 11.3 Å². The summed E-state index contributed by atoms with van der Waals surface area (Å²) in [6.45, 7) is 0. The molecule has 1 nitrogen and oxygen atoms in total. The van der Waals surface area contributed by atoms with Crippen molar-refractivity contribution >= 4 is 11.3 Å². The first-order valence-corrected chi connectivity index (χ1v) is 6.66.